The second-order valence-corrected chi connectivity index (χ2v) is 13.9. The Morgan fingerprint density at radius 2 is 1.12 bits per heavy atom. The number of carbonyl (C=O) groups is 4. The number of nitrogens with one attached hydrogen (secondary N) is 2. The molecule has 4 rings (SSSR count). The van der Waals surface area contributed by atoms with Gasteiger partial charge in [-0.05, 0) is 81.0 Å². The van der Waals surface area contributed by atoms with Crippen LogP contribution in [-0.4, -0.2) is 79.4 Å². The zero-order valence-electron chi connectivity index (χ0n) is 29.8. The number of carbonyl (C=O) groups excluding carboxylic acids is 2. The molecule has 0 aliphatic carbocycles. The summed E-state index contributed by atoms with van der Waals surface area (Å²) in [4.78, 5) is 58.8. The quantitative estimate of drug-likeness (QED) is 0.131. The number of aromatic nitrogens is 1. The van der Waals surface area contributed by atoms with E-state index in [-0.39, 0.29) is 18.4 Å². The van der Waals surface area contributed by atoms with Gasteiger partial charge in [0, 0.05) is 30.8 Å². The third-order valence-electron chi connectivity index (χ3n) is 7.13. The predicted molar refractivity (Wildman–Crippen MR) is 195 cm³/mol. The van der Waals surface area contributed by atoms with E-state index in [1.54, 1.807) is 94.8 Å². The minimum atomic E-state index is -1.58. The fourth-order valence-electron chi connectivity index (χ4n) is 4.76. The van der Waals surface area contributed by atoms with Crippen molar-refractivity contribution in [1.29, 1.82) is 0 Å². The van der Waals surface area contributed by atoms with Crippen molar-refractivity contribution >= 4 is 47.5 Å². The van der Waals surface area contributed by atoms with Crippen LogP contribution in [0.25, 0.3) is 16.5 Å². The van der Waals surface area contributed by atoms with Gasteiger partial charge < -0.3 is 40.4 Å². The maximum atomic E-state index is 12.4. The maximum Gasteiger partial charge on any atom is 0.488 e. The smallest absolute Gasteiger partial charge is 0.480 e. The number of hydrogen-bond acceptors (Lipinski definition) is 9. The molecule has 15 heteroatoms. The van der Waals surface area contributed by atoms with Crippen LogP contribution in [0.2, 0.25) is 0 Å². The number of hydrogen-bond donors (Lipinski definition) is 6. The molecule has 2 amide bonds. The molecule has 2 atom stereocenters. The van der Waals surface area contributed by atoms with E-state index < -0.39 is 54.5 Å². The van der Waals surface area contributed by atoms with Gasteiger partial charge in [0.05, 0.1) is 0 Å². The first-order chi connectivity index (χ1) is 24.2. The van der Waals surface area contributed by atoms with Crippen LogP contribution in [0, 0.1) is 0 Å². The van der Waals surface area contributed by atoms with E-state index in [1.807, 2.05) is 24.3 Å². The molecule has 0 aliphatic heterocycles. The average molecular weight is 718 g/mol. The summed E-state index contributed by atoms with van der Waals surface area (Å²) in [7, 11) is -1.58. The van der Waals surface area contributed by atoms with Crippen LogP contribution in [0.15, 0.2) is 89.9 Å². The summed E-state index contributed by atoms with van der Waals surface area (Å²) in [6, 6.07) is 20.0. The molecule has 0 unspecified atom stereocenters. The Hall–Kier alpha value is -5.67. The Kier molecular flexibility index (Phi) is 13.7. The first-order valence-corrected chi connectivity index (χ1v) is 16.3. The Balaban J connectivity index is 0.000000295. The van der Waals surface area contributed by atoms with Gasteiger partial charge in [0.2, 0.25) is 0 Å². The lowest BCUT2D eigenvalue weighted by Gasteiger charge is -2.22. The van der Waals surface area contributed by atoms with Crippen LogP contribution < -0.4 is 21.7 Å². The fraction of sp³-hybridized carbons (Fsp3) is 0.324. The molecule has 0 spiro atoms. The zero-order chi connectivity index (χ0) is 38.8. The molecule has 6 N–H and O–H groups in total. The first kappa shape index (κ1) is 40.8. The van der Waals surface area contributed by atoms with E-state index in [9.17, 15) is 34.2 Å². The van der Waals surface area contributed by atoms with Crippen LogP contribution in [0.1, 0.15) is 52.7 Å². The summed E-state index contributed by atoms with van der Waals surface area (Å²) >= 11 is 0. The van der Waals surface area contributed by atoms with Gasteiger partial charge >= 0.3 is 31.2 Å². The van der Waals surface area contributed by atoms with Gasteiger partial charge in [0.1, 0.15) is 23.3 Å². The highest BCUT2D eigenvalue weighted by molar-refractivity contribution is 6.58. The van der Waals surface area contributed by atoms with E-state index in [1.165, 1.54) is 12.1 Å². The number of benzene rings is 3. The van der Waals surface area contributed by atoms with Crippen LogP contribution >= 0.6 is 0 Å². The van der Waals surface area contributed by atoms with E-state index in [2.05, 4.69) is 10.6 Å². The number of carboxylic acids is 2. The molecule has 0 saturated heterocycles. The van der Waals surface area contributed by atoms with Gasteiger partial charge in [-0.1, -0.05) is 60.7 Å². The van der Waals surface area contributed by atoms with Gasteiger partial charge in [-0.15, -0.1) is 0 Å². The molecule has 0 radical (unpaired) electrons. The van der Waals surface area contributed by atoms with Crippen molar-refractivity contribution < 1.29 is 48.9 Å². The number of pyridine rings is 1. The standard InChI is InChI=1S/C23H24N2O5.C14H20BNO6/c1-23(2,3)30-22(29)24-19(21(27)28)12-15-8-10-18(11-9-15)25-14-17-7-5-4-6-16(17)13-20(25)26;1-14(2,3)22-13(19)16-11(12(17)18)8-9-4-6-10(7-5-9)15(20)21/h4-11,13-14,19H,12H2,1-3H3,(H,24,29)(H,27,28);4-7,11,20-21H,8H2,1-3H3,(H,16,19)(H,17,18)/t19-;11-/m00/s1. The van der Waals surface area contributed by atoms with Crippen LogP contribution in [0.4, 0.5) is 9.59 Å². The second-order valence-electron chi connectivity index (χ2n) is 13.9. The zero-order valence-corrected chi connectivity index (χ0v) is 29.8. The minimum Gasteiger partial charge on any atom is -0.480 e. The lowest BCUT2D eigenvalue weighted by molar-refractivity contribution is -0.140. The normalized spacial score (nSPS) is 12.4. The summed E-state index contributed by atoms with van der Waals surface area (Å²) in [5.74, 6) is -2.34. The van der Waals surface area contributed by atoms with Crippen molar-refractivity contribution in [3.05, 3.63) is 107 Å². The predicted octanol–water partition coefficient (Wildman–Crippen LogP) is 3.40. The Morgan fingerprint density at radius 1 is 0.692 bits per heavy atom. The van der Waals surface area contributed by atoms with Crippen LogP contribution in [0.3, 0.4) is 0 Å². The van der Waals surface area contributed by atoms with Crippen molar-refractivity contribution in [2.45, 2.75) is 77.7 Å². The molecule has 0 bridgehead atoms. The molecule has 1 aromatic heterocycles. The van der Waals surface area contributed by atoms with Gasteiger partial charge in [0.15, 0.2) is 0 Å². The largest absolute Gasteiger partial charge is 0.488 e. The maximum absolute atomic E-state index is 12.4. The second kappa shape index (κ2) is 17.5. The van der Waals surface area contributed by atoms with Crippen molar-refractivity contribution in [2.75, 3.05) is 0 Å². The molecule has 1 heterocycles. The monoisotopic (exact) mass is 717 g/mol. The molecule has 14 nitrogen and oxygen atoms in total. The lowest BCUT2D eigenvalue weighted by Crippen LogP contribution is -2.44. The highest BCUT2D eigenvalue weighted by Crippen LogP contribution is 2.16. The number of fused-ring (bicyclic) bond motifs is 1. The minimum absolute atomic E-state index is 0.0520. The highest BCUT2D eigenvalue weighted by Gasteiger charge is 2.25. The van der Waals surface area contributed by atoms with Crippen LogP contribution in [-0.2, 0) is 31.9 Å². The SMILES string of the molecule is CC(C)(C)OC(=O)N[C@@H](Cc1ccc(-n2cc3ccccc3cc2=O)cc1)C(=O)O.CC(C)(C)OC(=O)N[C@@H](Cc1ccc(B(O)O)cc1)C(=O)O. The molecule has 4 aromatic rings. The number of ether oxygens (including phenoxy) is 2. The van der Waals surface area contributed by atoms with Crippen molar-refractivity contribution in [3.8, 4) is 5.69 Å². The number of nitrogens with zero attached hydrogens (tertiary/aromatic N) is 1. The first-order valence-electron chi connectivity index (χ1n) is 16.3. The molecular weight excluding hydrogens is 673 g/mol. The number of alkyl carbamates (subject to hydrolysis) is 2. The third kappa shape index (κ3) is 13.2. The number of rotatable bonds is 10. The Morgan fingerprint density at radius 3 is 1.52 bits per heavy atom. The fourth-order valence-corrected chi connectivity index (χ4v) is 4.76. The van der Waals surface area contributed by atoms with E-state index in [4.69, 9.17) is 19.5 Å². The summed E-state index contributed by atoms with van der Waals surface area (Å²) < 4.78 is 11.7. The molecular formula is C37H44BN3O11. The summed E-state index contributed by atoms with van der Waals surface area (Å²) in [6.45, 7) is 10.2. The van der Waals surface area contributed by atoms with Gasteiger partial charge in [-0.25, -0.2) is 19.2 Å². The number of aliphatic carboxylic acids is 2. The van der Waals surface area contributed by atoms with E-state index >= 15 is 0 Å². The molecule has 276 valence electrons. The van der Waals surface area contributed by atoms with Gasteiger partial charge in [0.25, 0.3) is 5.56 Å². The van der Waals surface area contributed by atoms with Gasteiger partial charge in [-0.3, -0.25) is 9.36 Å². The molecule has 0 saturated carbocycles. The Bertz CT molecular complexity index is 1910. The van der Waals surface area contributed by atoms with Gasteiger partial charge in [-0.2, -0.15) is 0 Å². The molecule has 52 heavy (non-hydrogen) atoms. The topological polar surface area (TPSA) is 214 Å². The van der Waals surface area contributed by atoms with Crippen LogP contribution in [0.5, 0.6) is 0 Å². The molecule has 0 aliphatic rings. The molecule has 0 fully saturated rings. The average Bonchev–Trinajstić information content (AvgIpc) is 3.03. The molecule has 3 aromatic carbocycles. The van der Waals surface area contributed by atoms with Crippen molar-refractivity contribution in [3.63, 3.8) is 0 Å². The van der Waals surface area contributed by atoms with E-state index in [0.717, 1.165) is 10.8 Å². The third-order valence-corrected chi connectivity index (χ3v) is 7.13. The number of amides is 2. The lowest BCUT2D eigenvalue weighted by atomic mass is 9.80. The Labute approximate surface area is 301 Å². The summed E-state index contributed by atoms with van der Waals surface area (Å²) in [6.07, 6.45) is 0.325. The number of carboxylic acid groups (broad SMARTS) is 2. The van der Waals surface area contributed by atoms with Crippen molar-refractivity contribution in [1.82, 2.24) is 15.2 Å². The highest BCUT2D eigenvalue weighted by atomic mass is 16.6. The summed E-state index contributed by atoms with van der Waals surface area (Å²) in [5, 5.41) is 43.1. The summed E-state index contributed by atoms with van der Waals surface area (Å²) in [5.41, 5.74) is 0.714. The van der Waals surface area contributed by atoms with E-state index in [0.29, 0.717) is 22.3 Å². The van der Waals surface area contributed by atoms with Crippen molar-refractivity contribution in [2.24, 2.45) is 0 Å².